The highest BCUT2D eigenvalue weighted by Gasteiger charge is 2.21. The van der Waals surface area contributed by atoms with Crippen molar-refractivity contribution in [1.82, 2.24) is 15.2 Å². The van der Waals surface area contributed by atoms with Crippen molar-refractivity contribution >= 4 is 11.8 Å². The Kier molecular flexibility index (Phi) is 7.12. The zero-order valence-corrected chi connectivity index (χ0v) is 16.3. The third kappa shape index (κ3) is 5.87. The molecule has 1 aliphatic heterocycles. The van der Waals surface area contributed by atoms with Gasteiger partial charge in [-0.1, -0.05) is 0 Å². The van der Waals surface area contributed by atoms with Crippen LogP contribution in [0.2, 0.25) is 0 Å². The van der Waals surface area contributed by atoms with Gasteiger partial charge < -0.3 is 19.9 Å². The van der Waals surface area contributed by atoms with Crippen molar-refractivity contribution in [3.05, 3.63) is 23.9 Å². The summed E-state index contributed by atoms with van der Waals surface area (Å²) in [6.45, 7) is 5.51. The summed E-state index contributed by atoms with van der Waals surface area (Å²) < 4.78 is 5.73. The SMILES string of the molecule is CN=C(NCc1ccnc(N2CCCCC2)c1)N(C)CCOCC1CC1. The summed E-state index contributed by atoms with van der Waals surface area (Å²) in [5.41, 5.74) is 1.24. The molecular weight excluding hydrogens is 326 g/mol. The van der Waals surface area contributed by atoms with Gasteiger partial charge in [-0.2, -0.15) is 0 Å². The van der Waals surface area contributed by atoms with Crippen molar-refractivity contribution in [3.8, 4) is 0 Å². The molecule has 0 radical (unpaired) electrons. The Morgan fingerprint density at radius 3 is 2.88 bits per heavy atom. The number of likely N-dealkylation sites (N-methyl/N-ethyl adjacent to an activating group) is 1. The van der Waals surface area contributed by atoms with E-state index in [4.69, 9.17) is 4.74 Å². The van der Waals surface area contributed by atoms with E-state index < -0.39 is 0 Å². The molecule has 0 unspecified atom stereocenters. The summed E-state index contributed by atoms with van der Waals surface area (Å²) in [6.07, 6.45) is 8.47. The van der Waals surface area contributed by atoms with Crippen LogP contribution in [0, 0.1) is 5.92 Å². The highest BCUT2D eigenvalue weighted by Crippen LogP contribution is 2.28. The standard InChI is InChI=1S/C20H33N5O/c1-21-20(24(2)12-13-26-16-17-6-7-17)23-15-18-8-9-22-19(14-18)25-10-4-3-5-11-25/h8-9,14,17H,3-7,10-13,15-16H2,1-2H3,(H,21,23). The Labute approximate surface area is 157 Å². The first-order chi connectivity index (χ1) is 12.8. The zero-order valence-electron chi connectivity index (χ0n) is 16.3. The fourth-order valence-corrected chi connectivity index (χ4v) is 3.27. The lowest BCUT2D eigenvalue weighted by molar-refractivity contribution is 0.115. The summed E-state index contributed by atoms with van der Waals surface area (Å²) in [4.78, 5) is 13.5. The lowest BCUT2D eigenvalue weighted by atomic mass is 10.1. The van der Waals surface area contributed by atoms with Crippen molar-refractivity contribution in [1.29, 1.82) is 0 Å². The predicted molar refractivity (Wildman–Crippen MR) is 107 cm³/mol. The van der Waals surface area contributed by atoms with E-state index in [1.807, 2.05) is 13.2 Å². The largest absolute Gasteiger partial charge is 0.379 e. The Morgan fingerprint density at radius 2 is 2.15 bits per heavy atom. The van der Waals surface area contributed by atoms with E-state index in [0.29, 0.717) is 0 Å². The second-order valence-electron chi connectivity index (χ2n) is 7.41. The topological polar surface area (TPSA) is 53.0 Å². The summed E-state index contributed by atoms with van der Waals surface area (Å²) in [5, 5.41) is 3.45. The van der Waals surface area contributed by atoms with Gasteiger partial charge in [0.1, 0.15) is 5.82 Å². The Bertz CT molecular complexity index is 581. The molecule has 26 heavy (non-hydrogen) atoms. The van der Waals surface area contributed by atoms with E-state index in [9.17, 15) is 0 Å². The molecule has 1 aromatic rings. The fourth-order valence-electron chi connectivity index (χ4n) is 3.27. The van der Waals surface area contributed by atoms with Gasteiger partial charge in [-0.05, 0) is 55.7 Å². The average Bonchev–Trinajstić information content (AvgIpc) is 3.51. The highest BCUT2D eigenvalue weighted by atomic mass is 16.5. The van der Waals surface area contributed by atoms with Crippen molar-refractivity contribution in [2.75, 3.05) is 51.8 Å². The molecule has 6 heteroatoms. The van der Waals surface area contributed by atoms with Gasteiger partial charge in [-0.25, -0.2) is 4.98 Å². The van der Waals surface area contributed by atoms with Gasteiger partial charge in [0.05, 0.1) is 6.61 Å². The molecule has 1 aliphatic carbocycles. The molecule has 0 aromatic carbocycles. The van der Waals surface area contributed by atoms with Crippen LogP contribution in [0.5, 0.6) is 0 Å². The van der Waals surface area contributed by atoms with E-state index in [1.54, 1.807) is 0 Å². The molecule has 1 N–H and O–H groups in total. The minimum absolute atomic E-state index is 0.752. The molecule has 6 nitrogen and oxygen atoms in total. The number of nitrogens with one attached hydrogen (secondary N) is 1. The average molecular weight is 360 g/mol. The summed E-state index contributed by atoms with van der Waals surface area (Å²) in [5.74, 6) is 2.82. The van der Waals surface area contributed by atoms with Gasteiger partial charge in [0, 0.05) is 53.1 Å². The molecular formula is C20H33N5O. The van der Waals surface area contributed by atoms with Crippen LogP contribution in [0.4, 0.5) is 5.82 Å². The second-order valence-corrected chi connectivity index (χ2v) is 7.41. The third-order valence-corrected chi connectivity index (χ3v) is 5.14. The van der Waals surface area contributed by atoms with Gasteiger partial charge in [0.2, 0.25) is 0 Å². The molecule has 0 bridgehead atoms. The third-order valence-electron chi connectivity index (χ3n) is 5.14. The van der Waals surface area contributed by atoms with Gasteiger partial charge in [0.25, 0.3) is 0 Å². The number of pyridine rings is 1. The smallest absolute Gasteiger partial charge is 0.193 e. The van der Waals surface area contributed by atoms with Crippen molar-refractivity contribution in [3.63, 3.8) is 0 Å². The summed E-state index contributed by atoms with van der Waals surface area (Å²) in [6, 6.07) is 4.27. The molecule has 1 saturated heterocycles. The van der Waals surface area contributed by atoms with Crippen molar-refractivity contribution in [2.24, 2.45) is 10.9 Å². The number of aliphatic imine (C=N–C) groups is 1. The first-order valence-electron chi connectivity index (χ1n) is 9.95. The van der Waals surface area contributed by atoms with E-state index in [2.05, 4.69) is 44.3 Å². The fraction of sp³-hybridized carbons (Fsp3) is 0.700. The minimum Gasteiger partial charge on any atom is -0.379 e. The van der Waals surface area contributed by atoms with Crippen LogP contribution in [0.3, 0.4) is 0 Å². The van der Waals surface area contributed by atoms with Gasteiger partial charge in [-0.15, -0.1) is 0 Å². The normalized spacial score (nSPS) is 18.1. The highest BCUT2D eigenvalue weighted by molar-refractivity contribution is 5.79. The zero-order chi connectivity index (χ0) is 18.2. The number of rotatable bonds is 8. The Hall–Kier alpha value is -1.82. The first-order valence-corrected chi connectivity index (χ1v) is 9.95. The molecule has 0 spiro atoms. The van der Waals surface area contributed by atoms with Crippen LogP contribution < -0.4 is 10.2 Å². The number of ether oxygens (including phenoxy) is 1. The molecule has 144 valence electrons. The lowest BCUT2D eigenvalue weighted by Crippen LogP contribution is -2.40. The van der Waals surface area contributed by atoms with Crippen LogP contribution in [-0.4, -0.2) is 62.8 Å². The maximum atomic E-state index is 5.73. The number of anilines is 1. The van der Waals surface area contributed by atoms with E-state index >= 15 is 0 Å². The monoisotopic (exact) mass is 359 g/mol. The molecule has 2 heterocycles. The number of hydrogen-bond acceptors (Lipinski definition) is 4. The molecule has 3 rings (SSSR count). The number of hydrogen-bond donors (Lipinski definition) is 1. The molecule has 0 atom stereocenters. The maximum Gasteiger partial charge on any atom is 0.193 e. The van der Waals surface area contributed by atoms with Gasteiger partial charge in [-0.3, -0.25) is 4.99 Å². The van der Waals surface area contributed by atoms with Crippen LogP contribution in [0.25, 0.3) is 0 Å². The maximum absolute atomic E-state index is 5.73. The molecule has 0 amide bonds. The van der Waals surface area contributed by atoms with E-state index in [0.717, 1.165) is 57.1 Å². The Balaban J connectivity index is 1.44. The van der Waals surface area contributed by atoms with E-state index in [-0.39, 0.29) is 0 Å². The van der Waals surface area contributed by atoms with Crippen LogP contribution in [0.1, 0.15) is 37.7 Å². The van der Waals surface area contributed by atoms with Crippen LogP contribution >= 0.6 is 0 Å². The number of guanidine groups is 1. The van der Waals surface area contributed by atoms with Crippen molar-refractivity contribution in [2.45, 2.75) is 38.6 Å². The summed E-state index contributed by atoms with van der Waals surface area (Å²) in [7, 11) is 3.89. The quantitative estimate of drug-likeness (QED) is 0.439. The Morgan fingerprint density at radius 1 is 1.35 bits per heavy atom. The molecule has 2 fully saturated rings. The predicted octanol–water partition coefficient (Wildman–Crippen LogP) is 2.51. The summed E-state index contributed by atoms with van der Waals surface area (Å²) >= 11 is 0. The molecule has 2 aliphatic rings. The minimum atomic E-state index is 0.752. The van der Waals surface area contributed by atoms with Gasteiger partial charge >= 0.3 is 0 Å². The molecule has 1 saturated carbocycles. The van der Waals surface area contributed by atoms with Crippen molar-refractivity contribution < 1.29 is 4.74 Å². The lowest BCUT2D eigenvalue weighted by Gasteiger charge is -2.28. The van der Waals surface area contributed by atoms with Gasteiger partial charge in [0.15, 0.2) is 5.96 Å². The molecule has 1 aromatic heterocycles. The second kappa shape index (κ2) is 9.76. The first kappa shape index (κ1) is 19.0. The number of aromatic nitrogens is 1. The van der Waals surface area contributed by atoms with Crippen LogP contribution in [-0.2, 0) is 11.3 Å². The van der Waals surface area contributed by atoms with Crippen LogP contribution in [0.15, 0.2) is 23.3 Å². The number of nitrogens with zero attached hydrogens (tertiary/aromatic N) is 4. The number of piperidine rings is 1. The van der Waals surface area contributed by atoms with E-state index in [1.165, 1.54) is 37.7 Å².